The molecule has 100 valence electrons. The van der Waals surface area contributed by atoms with E-state index in [1.165, 1.54) is 19.3 Å². The van der Waals surface area contributed by atoms with Gasteiger partial charge in [-0.1, -0.05) is 19.4 Å². The summed E-state index contributed by atoms with van der Waals surface area (Å²) in [4.78, 5) is 15.9. The van der Waals surface area contributed by atoms with Crippen molar-refractivity contribution in [3.05, 3.63) is 23.9 Å². The van der Waals surface area contributed by atoms with E-state index >= 15 is 0 Å². The average molecular weight is 270 g/mol. The van der Waals surface area contributed by atoms with Crippen molar-refractivity contribution in [1.82, 2.24) is 10.3 Å². The number of nitrogens with one attached hydrogen (secondary N) is 1. The molecule has 0 aliphatic heterocycles. The monoisotopic (exact) mass is 269 g/mol. The number of pyridine rings is 1. The SMILES string of the molecule is CCC1(CNC(=O)c2cccc(N)n2)CCC1.Cl. The smallest absolute Gasteiger partial charge is 0.269 e. The van der Waals surface area contributed by atoms with E-state index in [2.05, 4.69) is 17.2 Å². The Labute approximate surface area is 114 Å². The predicted molar refractivity (Wildman–Crippen MR) is 74.8 cm³/mol. The fourth-order valence-electron chi connectivity index (χ4n) is 2.27. The number of nitrogen functional groups attached to an aromatic ring is 1. The number of carbonyl (C=O) groups excluding carboxylic acids is 1. The molecule has 0 spiro atoms. The van der Waals surface area contributed by atoms with Gasteiger partial charge in [-0.05, 0) is 36.8 Å². The Hall–Kier alpha value is -1.29. The van der Waals surface area contributed by atoms with E-state index in [1.54, 1.807) is 18.2 Å². The standard InChI is InChI=1S/C13H19N3O.ClH/c1-2-13(7-4-8-13)9-15-12(17)10-5-3-6-11(14)16-10;/h3,5-6H,2,4,7-9H2,1H3,(H2,14,16)(H,15,17);1H. The lowest BCUT2D eigenvalue weighted by Crippen LogP contribution is -2.41. The van der Waals surface area contributed by atoms with Gasteiger partial charge in [0, 0.05) is 6.54 Å². The number of anilines is 1. The van der Waals surface area contributed by atoms with Crippen LogP contribution in [0.1, 0.15) is 43.1 Å². The van der Waals surface area contributed by atoms with Crippen LogP contribution >= 0.6 is 12.4 Å². The predicted octanol–water partition coefficient (Wildman–Crippen LogP) is 2.40. The maximum Gasteiger partial charge on any atom is 0.269 e. The van der Waals surface area contributed by atoms with Crippen LogP contribution in [0.5, 0.6) is 0 Å². The summed E-state index contributed by atoms with van der Waals surface area (Å²) in [6.45, 7) is 2.93. The molecule has 0 aromatic carbocycles. The molecule has 1 aliphatic rings. The van der Waals surface area contributed by atoms with Crippen LogP contribution in [0.25, 0.3) is 0 Å². The van der Waals surface area contributed by atoms with Crippen LogP contribution < -0.4 is 11.1 Å². The van der Waals surface area contributed by atoms with Gasteiger partial charge >= 0.3 is 0 Å². The summed E-state index contributed by atoms with van der Waals surface area (Å²) < 4.78 is 0. The number of hydrogen-bond donors (Lipinski definition) is 2. The van der Waals surface area contributed by atoms with Crippen molar-refractivity contribution < 1.29 is 4.79 Å². The first-order chi connectivity index (χ1) is 8.15. The van der Waals surface area contributed by atoms with Crippen LogP contribution in [0.2, 0.25) is 0 Å². The fraction of sp³-hybridized carbons (Fsp3) is 0.538. The van der Waals surface area contributed by atoms with Crippen molar-refractivity contribution in [2.75, 3.05) is 12.3 Å². The minimum Gasteiger partial charge on any atom is -0.384 e. The molecular formula is C13H20ClN3O. The first-order valence-electron chi connectivity index (χ1n) is 6.16. The molecule has 1 aromatic rings. The Balaban J connectivity index is 0.00000162. The Bertz CT molecular complexity index is 413. The van der Waals surface area contributed by atoms with Crippen LogP contribution in [-0.4, -0.2) is 17.4 Å². The molecule has 0 saturated heterocycles. The minimum atomic E-state index is -0.128. The third kappa shape index (κ3) is 3.13. The van der Waals surface area contributed by atoms with Crippen LogP contribution in [0.15, 0.2) is 18.2 Å². The molecule has 3 N–H and O–H groups in total. The topological polar surface area (TPSA) is 68.0 Å². The highest BCUT2D eigenvalue weighted by molar-refractivity contribution is 5.92. The second-order valence-corrected chi connectivity index (χ2v) is 4.84. The quantitative estimate of drug-likeness (QED) is 0.882. The van der Waals surface area contributed by atoms with Crippen LogP contribution in [-0.2, 0) is 0 Å². The van der Waals surface area contributed by atoms with Gasteiger partial charge in [0.1, 0.15) is 11.5 Å². The Kier molecular flexibility index (Phi) is 4.96. The molecule has 1 saturated carbocycles. The maximum absolute atomic E-state index is 11.9. The zero-order valence-corrected chi connectivity index (χ0v) is 11.4. The van der Waals surface area contributed by atoms with Crippen LogP contribution in [0.3, 0.4) is 0 Å². The van der Waals surface area contributed by atoms with Gasteiger partial charge in [-0.3, -0.25) is 4.79 Å². The van der Waals surface area contributed by atoms with E-state index in [-0.39, 0.29) is 18.3 Å². The Morgan fingerprint density at radius 2 is 2.22 bits per heavy atom. The molecule has 1 heterocycles. The number of carbonyl (C=O) groups is 1. The number of halogens is 1. The van der Waals surface area contributed by atoms with Crippen LogP contribution in [0, 0.1) is 5.41 Å². The Morgan fingerprint density at radius 1 is 1.50 bits per heavy atom. The van der Waals surface area contributed by atoms with Crippen molar-refractivity contribution in [2.24, 2.45) is 5.41 Å². The molecule has 0 atom stereocenters. The number of aromatic nitrogens is 1. The summed E-state index contributed by atoms with van der Waals surface area (Å²) >= 11 is 0. The summed E-state index contributed by atoms with van der Waals surface area (Å²) in [5.74, 6) is 0.253. The maximum atomic E-state index is 11.9. The molecule has 0 unspecified atom stereocenters. The summed E-state index contributed by atoms with van der Waals surface area (Å²) in [7, 11) is 0. The van der Waals surface area contributed by atoms with E-state index in [1.807, 2.05) is 0 Å². The second kappa shape index (κ2) is 6.05. The van der Waals surface area contributed by atoms with E-state index in [4.69, 9.17) is 5.73 Å². The zero-order valence-electron chi connectivity index (χ0n) is 10.6. The summed E-state index contributed by atoms with van der Waals surface area (Å²) in [6, 6.07) is 5.11. The number of nitrogens with two attached hydrogens (primary N) is 1. The molecule has 1 amide bonds. The van der Waals surface area contributed by atoms with Gasteiger partial charge in [0.15, 0.2) is 0 Å². The average Bonchev–Trinajstić information content (AvgIpc) is 2.28. The summed E-state index contributed by atoms with van der Waals surface area (Å²) in [5, 5.41) is 2.96. The van der Waals surface area contributed by atoms with Gasteiger partial charge in [-0.2, -0.15) is 0 Å². The molecule has 18 heavy (non-hydrogen) atoms. The highest BCUT2D eigenvalue weighted by Gasteiger charge is 2.35. The van der Waals surface area contributed by atoms with Crippen molar-refractivity contribution >= 4 is 24.1 Å². The van der Waals surface area contributed by atoms with E-state index in [9.17, 15) is 4.79 Å². The van der Waals surface area contributed by atoms with Gasteiger partial charge in [-0.15, -0.1) is 12.4 Å². The molecule has 1 aromatic heterocycles. The van der Waals surface area contributed by atoms with E-state index < -0.39 is 0 Å². The minimum absolute atomic E-state index is 0. The van der Waals surface area contributed by atoms with Gasteiger partial charge in [-0.25, -0.2) is 4.98 Å². The number of amides is 1. The summed E-state index contributed by atoms with van der Waals surface area (Å²) in [5.41, 5.74) is 6.28. The molecule has 4 nitrogen and oxygen atoms in total. The normalized spacial score (nSPS) is 16.3. The third-order valence-corrected chi connectivity index (χ3v) is 3.79. The number of rotatable bonds is 4. The molecule has 1 aliphatic carbocycles. The van der Waals surface area contributed by atoms with Gasteiger partial charge in [0.2, 0.25) is 0 Å². The zero-order chi connectivity index (χ0) is 12.3. The third-order valence-electron chi connectivity index (χ3n) is 3.79. The van der Waals surface area contributed by atoms with E-state index in [0.29, 0.717) is 16.9 Å². The molecular weight excluding hydrogens is 250 g/mol. The largest absolute Gasteiger partial charge is 0.384 e. The molecule has 0 radical (unpaired) electrons. The Morgan fingerprint density at radius 3 is 2.72 bits per heavy atom. The molecule has 0 bridgehead atoms. The first-order valence-corrected chi connectivity index (χ1v) is 6.16. The van der Waals surface area contributed by atoms with Gasteiger partial charge in [0.25, 0.3) is 5.91 Å². The van der Waals surface area contributed by atoms with Gasteiger partial charge < -0.3 is 11.1 Å². The van der Waals surface area contributed by atoms with Crippen molar-refractivity contribution in [2.45, 2.75) is 32.6 Å². The van der Waals surface area contributed by atoms with E-state index in [0.717, 1.165) is 13.0 Å². The lowest BCUT2D eigenvalue weighted by atomic mass is 9.67. The van der Waals surface area contributed by atoms with Crippen molar-refractivity contribution in [3.8, 4) is 0 Å². The van der Waals surface area contributed by atoms with Crippen LogP contribution in [0.4, 0.5) is 5.82 Å². The number of nitrogens with zero attached hydrogens (tertiary/aromatic N) is 1. The fourth-order valence-corrected chi connectivity index (χ4v) is 2.27. The first kappa shape index (κ1) is 14.8. The van der Waals surface area contributed by atoms with Gasteiger partial charge in [0.05, 0.1) is 0 Å². The molecule has 5 heteroatoms. The lowest BCUT2D eigenvalue weighted by molar-refractivity contribution is 0.0845. The number of hydrogen-bond acceptors (Lipinski definition) is 3. The second-order valence-electron chi connectivity index (χ2n) is 4.84. The highest BCUT2D eigenvalue weighted by Crippen LogP contribution is 2.43. The lowest BCUT2D eigenvalue weighted by Gasteiger charge is -2.41. The van der Waals surface area contributed by atoms with Crippen molar-refractivity contribution in [3.63, 3.8) is 0 Å². The summed E-state index contributed by atoms with van der Waals surface area (Å²) in [6.07, 6.45) is 4.83. The molecule has 1 fully saturated rings. The van der Waals surface area contributed by atoms with Crippen molar-refractivity contribution in [1.29, 1.82) is 0 Å². The molecule has 2 rings (SSSR count). The highest BCUT2D eigenvalue weighted by atomic mass is 35.5.